The molecule has 1 aromatic rings. The Morgan fingerprint density at radius 1 is 1.47 bits per heavy atom. The van der Waals surface area contributed by atoms with E-state index in [1.54, 1.807) is 12.1 Å². The van der Waals surface area contributed by atoms with Gasteiger partial charge in [-0.25, -0.2) is 9.18 Å². The Labute approximate surface area is 87.9 Å². The van der Waals surface area contributed by atoms with Crippen LogP contribution in [0.4, 0.5) is 14.9 Å². The molecule has 4 heteroatoms. The third-order valence-corrected chi connectivity index (χ3v) is 2.47. The van der Waals surface area contributed by atoms with Crippen molar-refractivity contribution >= 4 is 11.7 Å². The predicted molar refractivity (Wildman–Crippen MR) is 56.5 cm³/mol. The zero-order chi connectivity index (χ0) is 10.8. The summed E-state index contributed by atoms with van der Waals surface area (Å²) in [5.41, 5.74) is 1.32. The van der Waals surface area contributed by atoms with Gasteiger partial charge in [0.05, 0.1) is 5.69 Å². The monoisotopic (exact) mass is 208 g/mol. The minimum Gasteiger partial charge on any atom is -0.338 e. The molecule has 1 N–H and O–H groups in total. The lowest BCUT2D eigenvalue weighted by Gasteiger charge is -2.27. The minimum atomic E-state index is -0.349. The van der Waals surface area contributed by atoms with E-state index in [-0.39, 0.29) is 11.8 Å². The number of nitrogens with one attached hydrogen (secondary N) is 1. The molecule has 1 fully saturated rings. The van der Waals surface area contributed by atoms with E-state index < -0.39 is 0 Å². The zero-order valence-electron chi connectivity index (χ0n) is 8.59. The molecule has 1 saturated heterocycles. The number of rotatable bonds is 1. The average molecular weight is 208 g/mol. The molecule has 1 heterocycles. The lowest BCUT2D eigenvalue weighted by Crippen LogP contribution is -2.46. The minimum absolute atomic E-state index is 0.217. The molecule has 0 spiro atoms. The van der Waals surface area contributed by atoms with Gasteiger partial charge in [0.25, 0.3) is 0 Å². The van der Waals surface area contributed by atoms with Crippen LogP contribution in [0.2, 0.25) is 0 Å². The van der Waals surface area contributed by atoms with Gasteiger partial charge in [-0.3, -0.25) is 4.90 Å². The quantitative estimate of drug-likeness (QED) is 0.752. The highest BCUT2D eigenvalue weighted by molar-refractivity contribution is 5.92. The fraction of sp³-hybridized carbons (Fsp3) is 0.364. The van der Waals surface area contributed by atoms with Gasteiger partial charge >= 0.3 is 6.03 Å². The van der Waals surface area contributed by atoms with Crippen molar-refractivity contribution < 1.29 is 9.18 Å². The van der Waals surface area contributed by atoms with Gasteiger partial charge in [0.15, 0.2) is 0 Å². The highest BCUT2D eigenvalue weighted by Gasteiger charge is 2.21. The van der Waals surface area contributed by atoms with Crippen LogP contribution in [0.3, 0.4) is 0 Å². The molecule has 0 aliphatic carbocycles. The predicted octanol–water partition coefficient (Wildman–Crippen LogP) is 2.05. The molecule has 0 saturated carbocycles. The molecule has 0 atom stereocenters. The zero-order valence-corrected chi connectivity index (χ0v) is 8.59. The van der Waals surface area contributed by atoms with Gasteiger partial charge in [-0.15, -0.1) is 0 Å². The highest BCUT2D eigenvalue weighted by Crippen LogP contribution is 2.22. The molecule has 80 valence electrons. The van der Waals surface area contributed by atoms with Crippen LogP contribution in [0.1, 0.15) is 12.0 Å². The Bertz CT molecular complexity index is 392. The number of anilines is 1. The fourth-order valence-corrected chi connectivity index (χ4v) is 1.69. The molecule has 2 rings (SSSR count). The van der Waals surface area contributed by atoms with Crippen molar-refractivity contribution in [3.63, 3.8) is 0 Å². The molecule has 3 nitrogen and oxygen atoms in total. The molecular weight excluding hydrogens is 195 g/mol. The van der Waals surface area contributed by atoms with Crippen LogP contribution in [-0.4, -0.2) is 19.1 Å². The topological polar surface area (TPSA) is 32.3 Å². The highest BCUT2D eigenvalue weighted by atomic mass is 19.1. The number of hydrogen-bond acceptors (Lipinski definition) is 1. The number of aryl methyl sites for hydroxylation is 1. The molecule has 0 aromatic heterocycles. The second kappa shape index (κ2) is 3.88. The van der Waals surface area contributed by atoms with Gasteiger partial charge in [-0.05, 0) is 31.0 Å². The fourth-order valence-electron chi connectivity index (χ4n) is 1.69. The van der Waals surface area contributed by atoms with E-state index in [9.17, 15) is 9.18 Å². The summed E-state index contributed by atoms with van der Waals surface area (Å²) in [6.07, 6.45) is 0.846. The number of carbonyl (C=O) groups excluding carboxylic acids is 1. The molecule has 0 bridgehead atoms. The van der Waals surface area contributed by atoms with Crippen molar-refractivity contribution in [2.24, 2.45) is 0 Å². The van der Waals surface area contributed by atoms with Gasteiger partial charge < -0.3 is 5.32 Å². The Balaban J connectivity index is 2.34. The third-order valence-electron chi connectivity index (χ3n) is 2.47. The van der Waals surface area contributed by atoms with Crippen LogP contribution in [0.25, 0.3) is 0 Å². The Hall–Kier alpha value is -1.58. The molecule has 0 radical (unpaired) electrons. The third kappa shape index (κ3) is 1.93. The summed E-state index contributed by atoms with van der Waals surface area (Å²) >= 11 is 0. The summed E-state index contributed by atoms with van der Waals surface area (Å²) in [6.45, 7) is 3.12. The lowest BCUT2D eigenvalue weighted by molar-refractivity contribution is 0.242. The molecule has 2 amide bonds. The number of urea groups is 1. The van der Waals surface area contributed by atoms with Crippen molar-refractivity contribution in [3.05, 3.63) is 29.6 Å². The smallest absolute Gasteiger partial charge is 0.321 e. The van der Waals surface area contributed by atoms with E-state index in [1.165, 1.54) is 11.0 Å². The summed E-state index contributed by atoms with van der Waals surface area (Å²) in [6, 6.07) is 4.57. The number of benzene rings is 1. The van der Waals surface area contributed by atoms with Gasteiger partial charge in [-0.2, -0.15) is 0 Å². The van der Waals surface area contributed by atoms with Gasteiger partial charge in [0.1, 0.15) is 5.82 Å². The van der Waals surface area contributed by atoms with Crippen LogP contribution < -0.4 is 10.2 Å². The van der Waals surface area contributed by atoms with Gasteiger partial charge in [0.2, 0.25) is 0 Å². The van der Waals surface area contributed by atoms with E-state index >= 15 is 0 Å². The van der Waals surface area contributed by atoms with Crippen molar-refractivity contribution in [1.29, 1.82) is 0 Å². The van der Waals surface area contributed by atoms with Crippen LogP contribution >= 0.6 is 0 Å². The summed E-state index contributed by atoms with van der Waals surface area (Å²) in [5, 5.41) is 2.70. The Morgan fingerprint density at radius 3 is 3.00 bits per heavy atom. The summed E-state index contributed by atoms with van der Waals surface area (Å²) < 4.78 is 13.5. The molecule has 1 aliphatic heterocycles. The average Bonchev–Trinajstić information content (AvgIpc) is 2.23. The second-order valence-electron chi connectivity index (χ2n) is 3.69. The van der Waals surface area contributed by atoms with Crippen LogP contribution in [-0.2, 0) is 0 Å². The number of amides is 2. The van der Waals surface area contributed by atoms with Crippen molar-refractivity contribution in [3.8, 4) is 0 Å². The van der Waals surface area contributed by atoms with E-state index in [0.29, 0.717) is 18.8 Å². The second-order valence-corrected chi connectivity index (χ2v) is 3.69. The SMILES string of the molecule is Cc1ccc(F)c(N2CCCNC2=O)c1. The van der Waals surface area contributed by atoms with Crippen molar-refractivity contribution in [2.45, 2.75) is 13.3 Å². The first-order valence-electron chi connectivity index (χ1n) is 5.00. The van der Waals surface area contributed by atoms with E-state index in [4.69, 9.17) is 0 Å². The van der Waals surface area contributed by atoms with E-state index in [0.717, 1.165) is 12.0 Å². The molecule has 1 aromatic carbocycles. The van der Waals surface area contributed by atoms with Crippen LogP contribution in [0, 0.1) is 12.7 Å². The van der Waals surface area contributed by atoms with E-state index in [1.807, 2.05) is 6.92 Å². The largest absolute Gasteiger partial charge is 0.338 e. The number of nitrogens with zero attached hydrogens (tertiary/aromatic N) is 1. The molecule has 15 heavy (non-hydrogen) atoms. The van der Waals surface area contributed by atoms with Gasteiger partial charge in [0, 0.05) is 13.1 Å². The first-order valence-corrected chi connectivity index (χ1v) is 5.00. The Kier molecular flexibility index (Phi) is 2.58. The van der Waals surface area contributed by atoms with Gasteiger partial charge in [-0.1, -0.05) is 6.07 Å². The van der Waals surface area contributed by atoms with Crippen molar-refractivity contribution in [1.82, 2.24) is 5.32 Å². The van der Waals surface area contributed by atoms with Crippen LogP contribution in [0.15, 0.2) is 18.2 Å². The maximum absolute atomic E-state index is 13.5. The van der Waals surface area contributed by atoms with Crippen molar-refractivity contribution in [2.75, 3.05) is 18.0 Å². The summed E-state index contributed by atoms with van der Waals surface area (Å²) in [4.78, 5) is 13.0. The number of carbonyl (C=O) groups is 1. The summed E-state index contributed by atoms with van der Waals surface area (Å²) in [5.74, 6) is -0.349. The maximum atomic E-state index is 13.5. The molecule has 1 aliphatic rings. The van der Waals surface area contributed by atoms with Crippen LogP contribution in [0.5, 0.6) is 0 Å². The Morgan fingerprint density at radius 2 is 2.27 bits per heavy atom. The number of hydrogen-bond donors (Lipinski definition) is 1. The lowest BCUT2D eigenvalue weighted by atomic mass is 10.2. The first-order chi connectivity index (χ1) is 7.18. The first kappa shape index (κ1) is 9.96. The number of halogens is 1. The normalized spacial score (nSPS) is 16.4. The summed E-state index contributed by atoms with van der Waals surface area (Å²) in [7, 11) is 0. The van der Waals surface area contributed by atoms with E-state index in [2.05, 4.69) is 5.32 Å². The molecular formula is C11H13FN2O. The maximum Gasteiger partial charge on any atom is 0.321 e. The standard InChI is InChI=1S/C11H13FN2O/c1-8-3-4-9(12)10(7-8)14-6-2-5-13-11(14)15/h3-4,7H,2,5-6H2,1H3,(H,13,15). The molecule has 0 unspecified atom stereocenters.